The van der Waals surface area contributed by atoms with E-state index in [1.165, 1.54) is 25.2 Å². The quantitative estimate of drug-likeness (QED) is 0.743. The summed E-state index contributed by atoms with van der Waals surface area (Å²) in [6.07, 6.45) is 6.30. The smallest absolute Gasteiger partial charge is 0.273 e. The van der Waals surface area contributed by atoms with Gasteiger partial charge in [-0.25, -0.2) is 9.97 Å². The fraction of sp³-hybridized carbons (Fsp3) is 0.368. The zero-order valence-electron chi connectivity index (χ0n) is 14.6. The second-order valence-corrected chi connectivity index (χ2v) is 6.23. The highest BCUT2D eigenvalue weighted by Crippen LogP contribution is 2.11. The summed E-state index contributed by atoms with van der Waals surface area (Å²) in [6, 6.07) is 8.78. The number of nitrogens with one attached hydrogen (secondary N) is 2. The van der Waals surface area contributed by atoms with Crippen molar-refractivity contribution >= 4 is 17.6 Å². The van der Waals surface area contributed by atoms with Crippen LogP contribution in [0.2, 0.25) is 0 Å². The molecule has 0 aliphatic carbocycles. The van der Waals surface area contributed by atoms with Crippen LogP contribution in [0.4, 0.5) is 5.82 Å². The molecule has 2 aromatic rings. The van der Waals surface area contributed by atoms with E-state index < -0.39 is 0 Å². The summed E-state index contributed by atoms with van der Waals surface area (Å²) in [6.45, 7) is 3.85. The van der Waals surface area contributed by atoms with Crippen molar-refractivity contribution in [3.8, 4) is 0 Å². The number of rotatable bonds is 7. The molecule has 1 aromatic heterocycles. The van der Waals surface area contributed by atoms with Gasteiger partial charge in [0.1, 0.15) is 0 Å². The summed E-state index contributed by atoms with van der Waals surface area (Å²) < 4.78 is 0. The maximum Gasteiger partial charge on any atom is 0.273 e. The molecule has 0 bridgehead atoms. The molecular weight excluding hydrogens is 330 g/mol. The van der Waals surface area contributed by atoms with Crippen LogP contribution in [0, 0.1) is 0 Å². The third-order valence-corrected chi connectivity index (χ3v) is 4.32. The number of likely N-dealkylation sites (tertiary alicyclic amines) is 1. The van der Waals surface area contributed by atoms with E-state index in [4.69, 9.17) is 0 Å². The number of nitrogens with zero attached hydrogens (tertiary/aromatic N) is 3. The van der Waals surface area contributed by atoms with E-state index in [0.717, 1.165) is 26.1 Å². The summed E-state index contributed by atoms with van der Waals surface area (Å²) in [5.41, 5.74) is 0.619. The summed E-state index contributed by atoms with van der Waals surface area (Å²) in [7, 11) is 0. The molecule has 1 aliphatic heterocycles. The number of hydrogen-bond donors (Lipinski definition) is 2. The first-order valence-corrected chi connectivity index (χ1v) is 8.92. The number of aromatic nitrogens is 2. The van der Waals surface area contributed by atoms with Crippen molar-refractivity contribution in [2.45, 2.75) is 19.3 Å². The van der Waals surface area contributed by atoms with Gasteiger partial charge >= 0.3 is 0 Å². The zero-order chi connectivity index (χ0) is 18.2. The van der Waals surface area contributed by atoms with Crippen molar-refractivity contribution in [3.63, 3.8) is 0 Å². The highest BCUT2D eigenvalue weighted by molar-refractivity contribution is 6.07. The zero-order valence-corrected chi connectivity index (χ0v) is 14.6. The Bertz CT molecular complexity index is 745. The Morgan fingerprint density at radius 2 is 1.73 bits per heavy atom. The van der Waals surface area contributed by atoms with Crippen LogP contribution in [0.5, 0.6) is 0 Å². The molecule has 1 aromatic carbocycles. The van der Waals surface area contributed by atoms with E-state index in [1.807, 2.05) is 6.07 Å². The van der Waals surface area contributed by atoms with Gasteiger partial charge in [0.15, 0.2) is 11.5 Å². The average Bonchev–Trinajstić information content (AvgIpc) is 3.20. The molecule has 0 saturated carbocycles. The number of anilines is 1. The van der Waals surface area contributed by atoms with Crippen molar-refractivity contribution in [2.75, 3.05) is 31.5 Å². The van der Waals surface area contributed by atoms with Crippen LogP contribution >= 0.6 is 0 Å². The monoisotopic (exact) mass is 353 g/mol. The molecule has 1 saturated heterocycles. The molecule has 3 rings (SSSR count). The lowest BCUT2D eigenvalue weighted by Gasteiger charge is -2.14. The van der Waals surface area contributed by atoms with Gasteiger partial charge in [0.05, 0.1) is 0 Å². The van der Waals surface area contributed by atoms with Crippen molar-refractivity contribution in [2.24, 2.45) is 0 Å². The minimum Gasteiger partial charge on any atom is -0.351 e. The van der Waals surface area contributed by atoms with E-state index in [1.54, 1.807) is 24.3 Å². The Kier molecular flexibility index (Phi) is 6.27. The second-order valence-electron chi connectivity index (χ2n) is 6.23. The van der Waals surface area contributed by atoms with Gasteiger partial charge < -0.3 is 15.5 Å². The van der Waals surface area contributed by atoms with Crippen LogP contribution in [0.3, 0.4) is 0 Å². The number of hydrogen-bond acceptors (Lipinski definition) is 5. The molecule has 2 heterocycles. The standard InChI is InChI=1S/C19H23N5O2/c25-18(15-7-2-1-3-8-15)23-17-16(20-10-11-21-17)19(26)22-9-6-14-24-12-4-5-13-24/h1-3,7-8,10-11H,4-6,9,12-14H2,(H,22,26)(H,21,23,25). The summed E-state index contributed by atoms with van der Waals surface area (Å²) in [5.74, 6) is -0.490. The van der Waals surface area contributed by atoms with E-state index >= 15 is 0 Å². The summed E-state index contributed by atoms with van der Waals surface area (Å²) >= 11 is 0. The molecule has 1 aliphatic rings. The van der Waals surface area contributed by atoms with E-state index in [0.29, 0.717) is 12.1 Å². The van der Waals surface area contributed by atoms with E-state index in [2.05, 4.69) is 25.5 Å². The van der Waals surface area contributed by atoms with Gasteiger partial charge in [-0.3, -0.25) is 9.59 Å². The third kappa shape index (κ3) is 4.86. The van der Waals surface area contributed by atoms with E-state index in [9.17, 15) is 9.59 Å². The predicted molar refractivity (Wildman–Crippen MR) is 99.1 cm³/mol. The molecule has 0 unspecified atom stereocenters. The van der Waals surface area contributed by atoms with Crippen molar-refractivity contribution in [1.82, 2.24) is 20.2 Å². The van der Waals surface area contributed by atoms with Gasteiger partial charge in [-0.1, -0.05) is 18.2 Å². The Labute approximate surface area is 152 Å². The maximum absolute atomic E-state index is 12.4. The number of benzene rings is 1. The molecule has 2 N–H and O–H groups in total. The normalized spacial score (nSPS) is 14.2. The lowest BCUT2D eigenvalue weighted by molar-refractivity contribution is 0.0947. The molecule has 136 valence electrons. The highest BCUT2D eigenvalue weighted by atomic mass is 16.2. The van der Waals surface area contributed by atoms with Crippen LogP contribution in [-0.2, 0) is 0 Å². The maximum atomic E-state index is 12.4. The SMILES string of the molecule is O=C(Nc1nccnc1C(=O)NCCCN1CCCC1)c1ccccc1. The molecule has 0 radical (unpaired) electrons. The first-order chi connectivity index (χ1) is 12.7. The lowest BCUT2D eigenvalue weighted by Crippen LogP contribution is -2.30. The first-order valence-electron chi connectivity index (χ1n) is 8.92. The molecule has 26 heavy (non-hydrogen) atoms. The predicted octanol–water partition coefficient (Wildman–Crippen LogP) is 1.94. The van der Waals surface area contributed by atoms with Crippen LogP contribution < -0.4 is 10.6 Å². The molecule has 7 heteroatoms. The largest absolute Gasteiger partial charge is 0.351 e. The van der Waals surface area contributed by atoms with Gasteiger partial charge in [0.25, 0.3) is 11.8 Å². The van der Waals surface area contributed by atoms with Gasteiger partial charge in [-0.05, 0) is 51.0 Å². The Hall–Kier alpha value is -2.80. The Balaban J connectivity index is 1.55. The molecule has 1 fully saturated rings. The molecule has 7 nitrogen and oxygen atoms in total. The summed E-state index contributed by atoms with van der Waals surface area (Å²) in [5, 5.41) is 5.52. The first kappa shape index (κ1) is 18.0. The molecule has 0 spiro atoms. The van der Waals surface area contributed by atoms with Crippen molar-refractivity contribution in [3.05, 3.63) is 54.0 Å². The second kappa shape index (κ2) is 9.05. The van der Waals surface area contributed by atoms with Gasteiger partial charge in [-0.2, -0.15) is 0 Å². The fourth-order valence-electron chi connectivity index (χ4n) is 2.96. The lowest BCUT2D eigenvalue weighted by atomic mass is 10.2. The van der Waals surface area contributed by atoms with Gasteiger partial charge in [-0.15, -0.1) is 0 Å². The highest BCUT2D eigenvalue weighted by Gasteiger charge is 2.17. The van der Waals surface area contributed by atoms with Crippen molar-refractivity contribution in [1.29, 1.82) is 0 Å². The van der Waals surface area contributed by atoms with E-state index in [-0.39, 0.29) is 23.3 Å². The fourth-order valence-corrected chi connectivity index (χ4v) is 2.96. The molecule has 0 atom stereocenters. The average molecular weight is 353 g/mol. The number of carbonyl (C=O) groups excluding carboxylic acids is 2. The van der Waals surface area contributed by atoms with Crippen LogP contribution in [0.1, 0.15) is 40.1 Å². The Morgan fingerprint density at radius 3 is 2.50 bits per heavy atom. The number of carbonyl (C=O) groups is 2. The summed E-state index contributed by atoms with van der Waals surface area (Å²) in [4.78, 5) is 35.3. The molecular formula is C19H23N5O2. The molecule has 2 amide bonds. The van der Waals surface area contributed by atoms with Gasteiger partial charge in [0.2, 0.25) is 0 Å². The van der Waals surface area contributed by atoms with Crippen molar-refractivity contribution < 1.29 is 9.59 Å². The minimum absolute atomic E-state index is 0.123. The van der Waals surface area contributed by atoms with Crippen LogP contribution in [0.25, 0.3) is 0 Å². The number of amides is 2. The van der Waals surface area contributed by atoms with Crippen LogP contribution in [0.15, 0.2) is 42.7 Å². The Morgan fingerprint density at radius 1 is 1.00 bits per heavy atom. The van der Waals surface area contributed by atoms with Crippen LogP contribution in [-0.4, -0.2) is 52.9 Å². The third-order valence-electron chi connectivity index (χ3n) is 4.32. The van der Waals surface area contributed by atoms with Gasteiger partial charge in [0, 0.05) is 24.5 Å². The topological polar surface area (TPSA) is 87.2 Å². The minimum atomic E-state index is -0.331.